The van der Waals surface area contributed by atoms with Crippen LogP contribution >= 0.6 is 0 Å². The average Bonchev–Trinajstić information content (AvgIpc) is 2.84. The van der Waals surface area contributed by atoms with Gasteiger partial charge in [0.2, 0.25) is 5.91 Å². The fraction of sp³-hybridized carbons (Fsp3) is 0.125. The van der Waals surface area contributed by atoms with E-state index in [2.05, 4.69) is 5.32 Å². The Labute approximate surface area is 164 Å². The zero-order valence-electron chi connectivity index (χ0n) is 15.7. The van der Waals surface area contributed by atoms with Gasteiger partial charge >= 0.3 is 0 Å². The number of rotatable bonds is 3. The van der Waals surface area contributed by atoms with Gasteiger partial charge in [-0.3, -0.25) is 9.79 Å². The maximum atomic E-state index is 12.8. The Balaban J connectivity index is 1.71. The van der Waals surface area contributed by atoms with Crippen LogP contribution in [0.5, 0.6) is 0 Å². The molecule has 28 heavy (non-hydrogen) atoms. The van der Waals surface area contributed by atoms with E-state index in [1.807, 2.05) is 91.9 Å². The second kappa shape index (κ2) is 8.01. The lowest BCUT2D eigenvalue weighted by Crippen LogP contribution is -2.38. The van der Waals surface area contributed by atoms with E-state index in [4.69, 9.17) is 9.98 Å². The SMILES string of the molecule is CC1=Nc2ccccc2N=C(NC(=O)Cc2ccccc2)[C@H]1c1ccccc1. The summed E-state index contributed by atoms with van der Waals surface area (Å²) < 4.78 is 0. The first-order valence-electron chi connectivity index (χ1n) is 9.32. The van der Waals surface area contributed by atoms with Crippen molar-refractivity contribution in [2.45, 2.75) is 19.3 Å². The average molecular weight is 367 g/mol. The molecule has 1 heterocycles. The molecule has 0 fully saturated rings. The lowest BCUT2D eigenvalue weighted by atomic mass is 9.93. The molecule has 0 unspecified atom stereocenters. The largest absolute Gasteiger partial charge is 0.313 e. The number of nitrogens with one attached hydrogen (secondary N) is 1. The van der Waals surface area contributed by atoms with E-state index in [0.29, 0.717) is 12.3 Å². The number of hydrogen-bond donors (Lipinski definition) is 1. The van der Waals surface area contributed by atoms with Gasteiger partial charge in [-0.25, -0.2) is 4.99 Å². The van der Waals surface area contributed by atoms with Crippen molar-refractivity contribution >= 4 is 28.8 Å². The number of nitrogens with zero attached hydrogens (tertiary/aromatic N) is 2. The zero-order chi connectivity index (χ0) is 19.3. The van der Waals surface area contributed by atoms with Gasteiger partial charge in [0.15, 0.2) is 0 Å². The molecule has 0 spiro atoms. The summed E-state index contributed by atoms with van der Waals surface area (Å²) in [5, 5.41) is 3.06. The standard InChI is InChI=1S/C24H21N3O/c1-17-23(19-12-6-3-7-13-19)24(26-21-15-9-8-14-20(21)25-17)27-22(28)16-18-10-4-2-5-11-18/h2-15,23H,16H2,1H3,(H,26,27,28)/t23-/m1/s1. The summed E-state index contributed by atoms with van der Waals surface area (Å²) in [6, 6.07) is 27.5. The summed E-state index contributed by atoms with van der Waals surface area (Å²) in [6.07, 6.45) is 0.305. The molecule has 0 saturated carbocycles. The molecule has 4 nitrogen and oxygen atoms in total. The highest BCUT2D eigenvalue weighted by molar-refractivity contribution is 6.17. The predicted molar refractivity (Wildman–Crippen MR) is 114 cm³/mol. The van der Waals surface area contributed by atoms with E-state index in [0.717, 1.165) is 28.2 Å². The second-order valence-electron chi connectivity index (χ2n) is 6.79. The first kappa shape index (κ1) is 17.9. The first-order valence-corrected chi connectivity index (χ1v) is 9.32. The topological polar surface area (TPSA) is 53.8 Å². The number of carbonyl (C=O) groups is 1. The van der Waals surface area contributed by atoms with Gasteiger partial charge in [-0.05, 0) is 30.2 Å². The smallest absolute Gasteiger partial charge is 0.229 e. The summed E-state index contributed by atoms with van der Waals surface area (Å²) >= 11 is 0. The minimum absolute atomic E-state index is 0.0851. The number of amides is 1. The van der Waals surface area contributed by atoms with Crippen molar-refractivity contribution in [2.24, 2.45) is 9.98 Å². The van der Waals surface area contributed by atoms with Crippen LogP contribution in [0, 0.1) is 0 Å². The number of aliphatic imine (C=N–C) groups is 2. The third-order valence-electron chi connectivity index (χ3n) is 4.72. The molecule has 138 valence electrons. The summed E-state index contributed by atoms with van der Waals surface area (Å²) in [7, 11) is 0. The molecule has 1 amide bonds. The number of para-hydroxylation sites is 2. The van der Waals surface area contributed by atoms with E-state index in [1.54, 1.807) is 0 Å². The Morgan fingerprint density at radius 2 is 1.39 bits per heavy atom. The molecule has 1 aliphatic rings. The van der Waals surface area contributed by atoms with Gasteiger partial charge in [-0.2, -0.15) is 0 Å². The van der Waals surface area contributed by atoms with Crippen LogP contribution in [0.15, 0.2) is 94.9 Å². The number of carbonyl (C=O) groups excluding carboxylic acids is 1. The molecule has 0 aromatic heterocycles. The third kappa shape index (κ3) is 3.91. The van der Waals surface area contributed by atoms with Crippen molar-refractivity contribution in [2.75, 3.05) is 0 Å². The monoisotopic (exact) mass is 367 g/mol. The van der Waals surface area contributed by atoms with Crippen LogP contribution in [-0.4, -0.2) is 17.5 Å². The van der Waals surface area contributed by atoms with Gasteiger partial charge < -0.3 is 5.32 Å². The lowest BCUT2D eigenvalue weighted by molar-refractivity contribution is -0.119. The minimum atomic E-state index is -0.201. The molecule has 1 aliphatic heterocycles. The van der Waals surface area contributed by atoms with Crippen LogP contribution in [0.25, 0.3) is 0 Å². The Kier molecular flexibility index (Phi) is 5.11. The number of hydrogen-bond acceptors (Lipinski definition) is 3. The van der Waals surface area contributed by atoms with E-state index < -0.39 is 0 Å². The Morgan fingerprint density at radius 3 is 2.07 bits per heavy atom. The van der Waals surface area contributed by atoms with Crippen LogP contribution in [0.3, 0.4) is 0 Å². The number of fused-ring (bicyclic) bond motifs is 1. The molecule has 1 N–H and O–H groups in total. The second-order valence-corrected chi connectivity index (χ2v) is 6.79. The Hall–Kier alpha value is -3.53. The van der Waals surface area contributed by atoms with Crippen molar-refractivity contribution < 1.29 is 4.79 Å². The molecule has 0 radical (unpaired) electrons. The van der Waals surface area contributed by atoms with Gasteiger partial charge in [0.05, 0.1) is 23.7 Å². The van der Waals surface area contributed by atoms with Crippen LogP contribution in [0.4, 0.5) is 11.4 Å². The van der Waals surface area contributed by atoms with E-state index in [9.17, 15) is 4.79 Å². The van der Waals surface area contributed by atoms with Gasteiger partial charge in [0.1, 0.15) is 5.84 Å². The van der Waals surface area contributed by atoms with Crippen LogP contribution in [0.1, 0.15) is 24.0 Å². The number of amidine groups is 1. The van der Waals surface area contributed by atoms with Crippen molar-refractivity contribution in [3.05, 3.63) is 96.1 Å². The normalized spacial score (nSPS) is 15.7. The van der Waals surface area contributed by atoms with Gasteiger partial charge in [-0.15, -0.1) is 0 Å². The minimum Gasteiger partial charge on any atom is -0.313 e. The highest BCUT2D eigenvalue weighted by atomic mass is 16.1. The predicted octanol–water partition coefficient (Wildman–Crippen LogP) is 4.97. The molecular weight excluding hydrogens is 346 g/mol. The molecule has 4 heteroatoms. The highest BCUT2D eigenvalue weighted by Crippen LogP contribution is 2.34. The maximum absolute atomic E-state index is 12.8. The third-order valence-corrected chi connectivity index (χ3v) is 4.72. The fourth-order valence-corrected chi connectivity index (χ4v) is 3.41. The maximum Gasteiger partial charge on any atom is 0.229 e. The molecule has 3 aromatic rings. The molecular formula is C24H21N3O. The van der Waals surface area contributed by atoms with Gasteiger partial charge in [-0.1, -0.05) is 72.8 Å². The van der Waals surface area contributed by atoms with Crippen LogP contribution in [-0.2, 0) is 11.2 Å². The zero-order valence-corrected chi connectivity index (χ0v) is 15.7. The van der Waals surface area contributed by atoms with E-state index in [-0.39, 0.29) is 11.8 Å². The molecule has 3 aromatic carbocycles. The van der Waals surface area contributed by atoms with Crippen molar-refractivity contribution in [1.29, 1.82) is 0 Å². The van der Waals surface area contributed by atoms with Crippen molar-refractivity contribution in [1.82, 2.24) is 5.32 Å². The summed E-state index contributed by atoms with van der Waals surface area (Å²) in [6.45, 7) is 1.98. The summed E-state index contributed by atoms with van der Waals surface area (Å²) in [5.74, 6) is 0.324. The van der Waals surface area contributed by atoms with Gasteiger partial charge in [0.25, 0.3) is 0 Å². The molecule has 0 aliphatic carbocycles. The summed E-state index contributed by atoms with van der Waals surface area (Å²) in [4.78, 5) is 22.3. The Morgan fingerprint density at radius 1 is 0.821 bits per heavy atom. The summed E-state index contributed by atoms with van der Waals surface area (Å²) in [5.41, 5.74) is 4.49. The fourth-order valence-electron chi connectivity index (χ4n) is 3.41. The molecule has 0 saturated heterocycles. The Bertz CT molecular complexity index is 1040. The van der Waals surface area contributed by atoms with Crippen LogP contribution < -0.4 is 5.32 Å². The van der Waals surface area contributed by atoms with Crippen molar-refractivity contribution in [3.8, 4) is 0 Å². The van der Waals surface area contributed by atoms with Crippen LogP contribution in [0.2, 0.25) is 0 Å². The highest BCUT2D eigenvalue weighted by Gasteiger charge is 2.26. The van der Waals surface area contributed by atoms with E-state index >= 15 is 0 Å². The van der Waals surface area contributed by atoms with E-state index in [1.165, 1.54) is 0 Å². The molecule has 0 bridgehead atoms. The molecule has 1 atom stereocenters. The van der Waals surface area contributed by atoms with Crippen molar-refractivity contribution in [3.63, 3.8) is 0 Å². The van der Waals surface area contributed by atoms with Gasteiger partial charge in [0, 0.05) is 5.71 Å². The number of benzene rings is 3. The molecule has 4 rings (SSSR count). The first-order chi connectivity index (χ1) is 13.7. The quantitative estimate of drug-likeness (QED) is 0.698. The lowest BCUT2D eigenvalue weighted by Gasteiger charge is -2.19.